The van der Waals surface area contributed by atoms with Gasteiger partial charge in [-0.15, -0.1) is 0 Å². The van der Waals surface area contributed by atoms with Gasteiger partial charge >= 0.3 is 0 Å². The van der Waals surface area contributed by atoms with Gasteiger partial charge in [0.25, 0.3) is 5.91 Å². The first-order valence-corrected chi connectivity index (χ1v) is 11.1. The molecule has 1 saturated heterocycles. The number of benzene rings is 2. The molecule has 1 aromatic heterocycles. The van der Waals surface area contributed by atoms with E-state index in [1.165, 1.54) is 41.7 Å². The van der Waals surface area contributed by atoms with Gasteiger partial charge in [-0.2, -0.15) is 4.31 Å². The van der Waals surface area contributed by atoms with Gasteiger partial charge in [-0.1, -0.05) is 0 Å². The molecule has 0 unspecified atom stereocenters. The van der Waals surface area contributed by atoms with Crippen LogP contribution in [0.2, 0.25) is 0 Å². The maximum Gasteiger partial charge on any atom is 0.256 e. The summed E-state index contributed by atoms with van der Waals surface area (Å²) in [5.74, 6) is -1.34. The third kappa shape index (κ3) is 4.22. The van der Waals surface area contributed by atoms with E-state index in [1.54, 1.807) is 0 Å². The van der Waals surface area contributed by atoms with Crippen LogP contribution in [0.5, 0.6) is 5.75 Å². The molecule has 168 valence electrons. The summed E-state index contributed by atoms with van der Waals surface area (Å²) in [6.45, 7) is 1.04. The molecule has 0 radical (unpaired) electrons. The summed E-state index contributed by atoms with van der Waals surface area (Å²) >= 11 is 0. The van der Waals surface area contributed by atoms with Crippen LogP contribution in [0, 0.1) is 5.82 Å². The smallest absolute Gasteiger partial charge is 0.256 e. The van der Waals surface area contributed by atoms with E-state index >= 15 is 0 Å². The van der Waals surface area contributed by atoms with Crippen molar-refractivity contribution in [3.05, 3.63) is 64.2 Å². The van der Waals surface area contributed by atoms with Gasteiger partial charge in [0.15, 0.2) is 11.6 Å². The Hall–Kier alpha value is -3.28. The van der Waals surface area contributed by atoms with Crippen LogP contribution in [-0.2, 0) is 14.8 Å². The Balaban J connectivity index is 1.73. The Morgan fingerprint density at radius 3 is 2.59 bits per heavy atom. The number of rotatable bonds is 5. The van der Waals surface area contributed by atoms with Crippen molar-refractivity contribution < 1.29 is 27.1 Å². The van der Waals surface area contributed by atoms with Crippen LogP contribution >= 0.6 is 0 Å². The number of hydrogen-bond acceptors (Lipinski definition) is 6. The number of aromatic nitrogens is 1. The summed E-state index contributed by atoms with van der Waals surface area (Å²) < 4.78 is 51.4. The topological polar surface area (TPSA) is 118 Å². The molecule has 0 aliphatic carbocycles. The number of amides is 1. The second kappa shape index (κ2) is 8.69. The molecule has 3 aromatic rings. The number of carbonyl (C=O) groups is 1. The fourth-order valence-corrected chi connectivity index (χ4v) is 4.89. The Labute approximate surface area is 182 Å². The molecule has 4 rings (SSSR count). The number of H-pyrrole nitrogens is 1. The number of halogens is 1. The fourth-order valence-electron chi connectivity index (χ4n) is 3.46. The minimum absolute atomic E-state index is 0.0107. The SMILES string of the molecule is COc1ccc(NC(=O)c2cc(=O)[nH]c3ccc(S(=O)(=O)N4CCOCC4)cc23)cc1F. The molecule has 1 aliphatic heterocycles. The van der Waals surface area contributed by atoms with Gasteiger partial charge in [-0.05, 0) is 30.3 Å². The lowest BCUT2D eigenvalue weighted by molar-refractivity contribution is 0.0730. The molecule has 2 aromatic carbocycles. The minimum Gasteiger partial charge on any atom is -0.494 e. The number of morpholine rings is 1. The predicted molar refractivity (Wildman–Crippen MR) is 115 cm³/mol. The van der Waals surface area contributed by atoms with Crippen molar-refractivity contribution in [3.8, 4) is 5.75 Å². The van der Waals surface area contributed by atoms with E-state index in [-0.39, 0.29) is 40.4 Å². The van der Waals surface area contributed by atoms with Crippen molar-refractivity contribution >= 4 is 32.5 Å². The summed E-state index contributed by atoms with van der Waals surface area (Å²) in [5, 5.41) is 2.77. The van der Waals surface area contributed by atoms with Crippen LogP contribution in [0.25, 0.3) is 10.9 Å². The Morgan fingerprint density at radius 1 is 1.16 bits per heavy atom. The number of carbonyl (C=O) groups excluding carboxylic acids is 1. The van der Waals surface area contributed by atoms with Crippen LogP contribution in [0.1, 0.15) is 10.4 Å². The number of methoxy groups -OCH3 is 1. The second-order valence-corrected chi connectivity index (χ2v) is 9.01. The first kappa shape index (κ1) is 21.9. The van der Waals surface area contributed by atoms with E-state index in [9.17, 15) is 22.4 Å². The van der Waals surface area contributed by atoms with E-state index < -0.39 is 27.3 Å². The average molecular weight is 461 g/mol. The normalized spacial score (nSPS) is 14.9. The largest absolute Gasteiger partial charge is 0.494 e. The summed E-state index contributed by atoms with van der Waals surface area (Å²) in [6.07, 6.45) is 0. The van der Waals surface area contributed by atoms with Gasteiger partial charge in [0, 0.05) is 41.8 Å². The number of sulfonamides is 1. The van der Waals surface area contributed by atoms with Gasteiger partial charge < -0.3 is 19.8 Å². The highest BCUT2D eigenvalue weighted by molar-refractivity contribution is 7.89. The summed E-state index contributed by atoms with van der Waals surface area (Å²) in [4.78, 5) is 27.6. The lowest BCUT2D eigenvalue weighted by Crippen LogP contribution is -2.40. The zero-order chi connectivity index (χ0) is 22.9. The van der Waals surface area contributed by atoms with E-state index in [0.29, 0.717) is 18.7 Å². The van der Waals surface area contributed by atoms with Gasteiger partial charge in [0.05, 0.1) is 30.8 Å². The van der Waals surface area contributed by atoms with Gasteiger partial charge in [0.1, 0.15) is 0 Å². The molecular formula is C21H20FN3O6S. The summed E-state index contributed by atoms with van der Waals surface area (Å²) in [5.41, 5.74) is -0.130. The third-order valence-corrected chi connectivity index (χ3v) is 6.97. The molecule has 2 heterocycles. The standard InChI is InChI=1S/C21H20FN3O6S/c1-30-19-5-2-13(10-17(19)22)23-21(27)16-12-20(26)24-18-4-3-14(11-15(16)18)32(28,29)25-6-8-31-9-7-25/h2-5,10-12H,6-9H2,1H3,(H,23,27)(H,24,26). The quantitative estimate of drug-likeness (QED) is 0.600. The highest BCUT2D eigenvalue weighted by atomic mass is 32.2. The highest BCUT2D eigenvalue weighted by Crippen LogP contribution is 2.25. The molecule has 0 atom stereocenters. The summed E-state index contributed by atoms with van der Waals surface area (Å²) in [6, 6.07) is 9.12. The first-order valence-electron chi connectivity index (χ1n) is 9.69. The molecule has 1 aliphatic rings. The number of fused-ring (bicyclic) bond motifs is 1. The molecule has 1 amide bonds. The maximum atomic E-state index is 14.0. The van der Waals surface area contributed by atoms with E-state index in [2.05, 4.69) is 10.3 Å². The van der Waals surface area contributed by atoms with Crippen molar-refractivity contribution in [2.45, 2.75) is 4.90 Å². The number of hydrogen-bond donors (Lipinski definition) is 2. The van der Waals surface area contributed by atoms with Crippen molar-refractivity contribution in [1.29, 1.82) is 0 Å². The highest BCUT2D eigenvalue weighted by Gasteiger charge is 2.27. The molecule has 9 nitrogen and oxygen atoms in total. The maximum absolute atomic E-state index is 14.0. The monoisotopic (exact) mass is 461 g/mol. The number of ether oxygens (including phenoxy) is 2. The van der Waals surface area contributed by atoms with Crippen LogP contribution in [0.15, 0.2) is 52.2 Å². The zero-order valence-electron chi connectivity index (χ0n) is 17.1. The molecular weight excluding hydrogens is 441 g/mol. The lowest BCUT2D eigenvalue weighted by atomic mass is 10.1. The molecule has 0 bridgehead atoms. The van der Waals surface area contributed by atoms with Crippen LogP contribution in [0.4, 0.5) is 10.1 Å². The molecule has 0 spiro atoms. The minimum atomic E-state index is -3.81. The Kier molecular flexibility index (Phi) is 5.96. The fraction of sp³-hybridized carbons (Fsp3) is 0.238. The van der Waals surface area contributed by atoms with Crippen molar-refractivity contribution in [2.24, 2.45) is 0 Å². The van der Waals surface area contributed by atoms with Crippen LogP contribution < -0.4 is 15.6 Å². The van der Waals surface area contributed by atoms with E-state index in [0.717, 1.165) is 12.1 Å². The number of aromatic amines is 1. The van der Waals surface area contributed by atoms with Gasteiger partial charge in [0.2, 0.25) is 15.6 Å². The lowest BCUT2D eigenvalue weighted by Gasteiger charge is -2.26. The Bertz CT molecular complexity index is 1350. The number of pyridine rings is 1. The molecule has 0 saturated carbocycles. The van der Waals surface area contributed by atoms with Crippen LogP contribution in [-0.4, -0.2) is 57.0 Å². The average Bonchev–Trinajstić information content (AvgIpc) is 2.79. The third-order valence-electron chi connectivity index (χ3n) is 5.08. The number of anilines is 1. The molecule has 11 heteroatoms. The van der Waals surface area contributed by atoms with E-state index in [4.69, 9.17) is 9.47 Å². The van der Waals surface area contributed by atoms with Gasteiger partial charge in [-0.3, -0.25) is 9.59 Å². The van der Waals surface area contributed by atoms with Gasteiger partial charge in [-0.25, -0.2) is 12.8 Å². The Morgan fingerprint density at radius 2 is 1.91 bits per heavy atom. The second-order valence-electron chi connectivity index (χ2n) is 7.07. The molecule has 1 fully saturated rings. The van der Waals surface area contributed by atoms with Crippen molar-refractivity contribution in [2.75, 3.05) is 38.7 Å². The van der Waals surface area contributed by atoms with Crippen LogP contribution in [0.3, 0.4) is 0 Å². The van der Waals surface area contributed by atoms with Crippen molar-refractivity contribution in [1.82, 2.24) is 9.29 Å². The molecule has 32 heavy (non-hydrogen) atoms. The number of nitrogens with one attached hydrogen (secondary N) is 2. The zero-order valence-corrected chi connectivity index (χ0v) is 17.9. The summed E-state index contributed by atoms with van der Waals surface area (Å²) in [7, 11) is -2.49. The molecule has 2 N–H and O–H groups in total. The predicted octanol–water partition coefficient (Wildman–Crippen LogP) is 1.95. The first-order chi connectivity index (χ1) is 15.3. The number of nitrogens with zero attached hydrogens (tertiary/aromatic N) is 1. The van der Waals surface area contributed by atoms with Crippen molar-refractivity contribution in [3.63, 3.8) is 0 Å². The van der Waals surface area contributed by atoms with E-state index in [1.807, 2.05) is 0 Å².